The number of ether oxygens (including phenoxy) is 2. The van der Waals surface area contributed by atoms with Crippen LogP contribution < -0.4 is 5.32 Å². The van der Waals surface area contributed by atoms with Crippen LogP contribution in [0.2, 0.25) is 0 Å². The Morgan fingerprint density at radius 2 is 1.96 bits per heavy atom. The van der Waals surface area contributed by atoms with Gasteiger partial charge in [-0.25, -0.2) is 9.78 Å². The van der Waals surface area contributed by atoms with Crippen LogP contribution in [-0.4, -0.2) is 37.4 Å². The molecule has 1 spiro atoms. The summed E-state index contributed by atoms with van der Waals surface area (Å²) in [6.07, 6.45) is -2.88. The Balaban J connectivity index is 1.87. The van der Waals surface area contributed by atoms with Crippen LogP contribution in [0.3, 0.4) is 0 Å². The second-order valence-electron chi connectivity index (χ2n) is 7.86. The topological polar surface area (TPSA) is 49.0 Å². The summed E-state index contributed by atoms with van der Waals surface area (Å²) in [5, 5.41) is 2.85. The zero-order valence-corrected chi connectivity index (χ0v) is 14.6. The predicted octanol–water partition coefficient (Wildman–Crippen LogP) is 3.27. The number of likely N-dealkylation sites (N-methyl/N-ethyl adjacent to an activating group) is 1. The Kier molecular flexibility index (Phi) is 3.92. The van der Waals surface area contributed by atoms with E-state index in [0.717, 1.165) is 12.8 Å². The fourth-order valence-corrected chi connectivity index (χ4v) is 5.13. The van der Waals surface area contributed by atoms with Crippen LogP contribution in [0.1, 0.15) is 39.5 Å². The molecule has 5 nitrogen and oxygen atoms in total. The van der Waals surface area contributed by atoms with E-state index in [-0.39, 0.29) is 18.0 Å². The average molecular weight is 363 g/mol. The van der Waals surface area contributed by atoms with Crippen LogP contribution in [0, 0.1) is 17.8 Å². The van der Waals surface area contributed by atoms with E-state index in [4.69, 9.17) is 19.2 Å². The summed E-state index contributed by atoms with van der Waals surface area (Å²) in [6, 6.07) is 0. The van der Waals surface area contributed by atoms with Gasteiger partial charge in [0.1, 0.15) is 0 Å². The van der Waals surface area contributed by atoms with Gasteiger partial charge in [0.05, 0.1) is 0 Å². The van der Waals surface area contributed by atoms with Crippen molar-refractivity contribution >= 4 is 0 Å². The smallest absolute Gasteiger partial charge is 0.449 e. The molecular weight excluding hydrogens is 339 g/mol. The lowest BCUT2D eigenvalue weighted by atomic mass is 9.59. The quantitative estimate of drug-likeness (QED) is 0.763. The molecule has 4 aliphatic heterocycles. The molecule has 8 heteroatoms. The minimum atomic E-state index is -4.57. The van der Waals surface area contributed by atoms with Gasteiger partial charge in [0.2, 0.25) is 17.8 Å². The van der Waals surface area contributed by atoms with Crippen molar-refractivity contribution < 1.29 is 32.4 Å². The molecule has 2 bridgehead atoms. The monoisotopic (exact) mass is 363 g/mol. The first-order valence-electron chi connectivity index (χ1n) is 8.87. The average Bonchev–Trinajstić information content (AvgIpc) is 2.76. The maximum atomic E-state index is 13.7. The molecule has 0 radical (unpaired) electrons. The van der Waals surface area contributed by atoms with E-state index in [0.29, 0.717) is 18.8 Å². The number of halogens is 3. The van der Waals surface area contributed by atoms with Crippen LogP contribution in [0.15, 0.2) is 11.3 Å². The summed E-state index contributed by atoms with van der Waals surface area (Å²) in [5.74, 6) is -2.12. The van der Waals surface area contributed by atoms with Crippen molar-refractivity contribution in [3.8, 4) is 0 Å². The number of alkyl halides is 3. The molecule has 6 atom stereocenters. The summed E-state index contributed by atoms with van der Waals surface area (Å²) >= 11 is 0. The number of rotatable bonds is 2. The minimum Gasteiger partial charge on any atom is -0.456 e. The zero-order chi connectivity index (χ0) is 18.0. The number of hydrogen-bond donors (Lipinski definition) is 1. The highest BCUT2D eigenvalue weighted by Crippen LogP contribution is 2.61. The fourth-order valence-electron chi connectivity index (χ4n) is 5.13. The Labute approximate surface area is 144 Å². The molecule has 5 rings (SSSR count). The van der Waals surface area contributed by atoms with Crippen molar-refractivity contribution in [1.29, 1.82) is 0 Å². The Morgan fingerprint density at radius 1 is 1.20 bits per heavy atom. The van der Waals surface area contributed by atoms with Crippen molar-refractivity contribution in [3.05, 3.63) is 11.3 Å². The van der Waals surface area contributed by atoms with Crippen LogP contribution >= 0.6 is 0 Å². The molecule has 0 aromatic heterocycles. The molecule has 1 saturated carbocycles. The first-order valence-corrected chi connectivity index (χ1v) is 8.87. The molecule has 6 unspecified atom stereocenters. The summed E-state index contributed by atoms with van der Waals surface area (Å²) in [7, 11) is 1.63. The third-order valence-electron chi connectivity index (χ3n) is 6.28. The van der Waals surface area contributed by atoms with E-state index in [1.54, 1.807) is 14.0 Å². The normalized spacial score (nSPS) is 46.5. The van der Waals surface area contributed by atoms with Crippen molar-refractivity contribution in [2.24, 2.45) is 17.8 Å². The molecular formula is C17H24F3NO4. The minimum absolute atomic E-state index is 0.0298. The molecule has 142 valence electrons. The van der Waals surface area contributed by atoms with Crippen molar-refractivity contribution in [2.75, 3.05) is 13.6 Å². The Bertz CT molecular complexity index is 595. The molecule has 0 amide bonds. The highest BCUT2D eigenvalue weighted by molar-refractivity contribution is 5.28. The van der Waals surface area contributed by atoms with E-state index in [1.807, 2.05) is 0 Å². The van der Waals surface area contributed by atoms with Crippen LogP contribution in [-0.2, 0) is 19.2 Å². The molecule has 0 aromatic rings. The SMILES string of the molecule is CNCC1=C(C(F)(F)F)OC2OC3(C)CCC4C(C)CCC1C24OO3. The van der Waals surface area contributed by atoms with Gasteiger partial charge < -0.3 is 14.8 Å². The number of fused-ring (bicyclic) bond motifs is 2. The van der Waals surface area contributed by atoms with E-state index >= 15 is 0 Å². The van der Waals surface area contributed by atoms with Gasteiger partial charge in [-0.05, 0) is 44.7 Å². The van der Waals surface area contributed by atoms with E-state index in [9.17, 15) is 13.2 Å². The van der Waals surface area contributed by atoms with Crippen LogP contribution in [0.25, 0.3) is 0 Å². The van der Waals surface area contributed by atoms with Gasteiger partial charge in [-0.15, -0.1) is 0 Å². The van der Waals surface area contributed by atoms with E-state index < -0.39 is 35.5 Å². The van der Waals surface area contributed by atoms with E-state index in [1.165, 1.54) is 0 Å². The van der Waals surface area contributed by atoms with Gasteiger partial charge in [-0.1, -0.05) is 6.92 Å². The fraction of sp³-hybridized carbons (Fsp3) is 0.882. The van der Waals surface area contributed by atoms with Gasteiger partial charge in [-0.3, -0.25) is 0 Å². The molecule has 1 aliphatic carbocycles. The summed E-state index contributed by atoms with van der Waals surface area (Å²) in [6.45, 7) is 3.91. The first-order chi connectivity index (χ1) is 11.7. The van der Waals surface area contributed by atoms with Crippen molar-refractivity contribution in [1.82, 2.24) is 5.32 Å². The molecule has 1 N–H and O–H groups in total. The molecule has 3 saturated heterocycles. The van der Waals surface area contributed by atoms with Crippen molar-refractivity contribution in [2.45, 2.75) is 63.4 Å². The second-order valence-corrected chi connectivity index (χ2v) is 7.86. The third kappa shape index (κ3) is 2.44. The largest absolute Gasteiger partial charge is 0.456 e. The maximum Gasteiger partial charge on any atom is 0.449 e. The Morgan fingerprint density at radius 3 is 2.64 bits per heavy atom. The molecule has 25 heavy (non-hydrogen) atoms. The highest BCUT2D eigenvalue weighted by atomic mass is 19.4. The lowest BCUT2D eigenvalue weighted by molar-refractivity contribution is -0.557. The van der Waals surface area contributed by atoms with Gasteiger partial charge >= 0.3 is 6.18 Å². The van der Waals surface area contributed by atoms with Crippen molar-refractivity contribution in [3.63, 3.8) is 0 Å². The first kappa shape index (κ1) is 17.6. The molecule has 0 aromatic carbocycles. The molecule has 4 fully saturated rings. The highest BCUT2D eigenvalue weighted by Gasteiger charge is 2.70. The van der Waals surface area contributed by atoms with Gasteiger partial charge in [0.15, 0.2) is 5.60 Å². The number of allylic oxidation sites excluding steroid dienone is 1. The maximum absolute atomic E-state index is 13.7. The van der Waals surface area contributed by atoms with Crippen LogP contribution in [0.5, 0.6) is 0 Å². The molecule has 4 heterocycles. The lowest BCUT2D eigenvalue weighted by Gasteiger charge is -2.57. The third-order valence-corrected chi connectivity index (χ3v) is 6.28. The second kappa shape index (κ2) is 5.58. The van der Waals surface area contributed by atoms with Gasteiger partial charge in [-0.2, -0.15) is 13.2 Å². The summed E-state index contributed by atoms with van der Waals surface area (Å²) in [5.41, 5.74) is -0.810. The number of hydrogen-bond acceptors (Lipinski definition) is 5. The van der Waals surface area contributed by atoms with E-state index in [2.05, 4.69) is 12.2 Å². The van der Waals surface area contributed by atoms with Crippen LogP contribution in [0.4, 0.5) is 13.2 Å². The van der Waals surface area contributed by atoms with Gasteiger partial charge in [0.25, 0.3) is 0 Å². The predicted molar refractivity (Wildman–Crippen MR) is 80.9 cm³/mol. The summed E-state index contributed by atoms with van der Waals surface area (Å²) in [4.78, 5) is 11.4. The summed E-state index contributed by atoms with van der Waals surface area (Å²) < 4.78 is 52.4. The lowest BCUT2D eigenvalue weighted by Crippen LogP contribution is -2.67. The standard InChI is InChI=1S/C17H24F3NO4/c1-9-4-5-12-10(8-21-3)13(17(18,19)20)22-14-16(12)11(9)6-7-15(2,23-14)24-25-16/h9,11-12,14,21H,4-8H2,1-3H3. The molecule has 5 aliphatic rings. The number of nitrogens with one attached hydrogen (secondary N) is 1. The van der Waals surface area contributed by atoms with Gasteiger partial charge in [0, 0.05) is 24.8 Å². The zero-order valence-electron chi connectivity index (χ0n) is 14.6. The Hall–Kier alpha value is -0.830.